The van der Waals surface area contributed by atoms with Crippen LogP contribution in [0.4, 0.5) is 0 Å². The zero-order valence-corrected chi connectivity index (χ0v) is 22.3. The number of carboxylic acid groups (broad SMARTS) is 1. The van der Waals surface area contributed by atoms with Crippen molar-refractivity contribution < 1.29 is 24.2 Å². The number of benzene rings is 3. The summed E-state index contributed by atoms with van der Waals surface area (Å²) in [6, 6.07) is 23.6. The Labute approximate surface area is 229 Å². The Bertz CT molecular complexity index is 1420. The molecule has 1 unspecified atom stereocenters. The van der Waals surface area contributed by atoms with E-state index in [1.165, 1.54) is 18.4 Å². The van der Waals surface area contributed by atoms with E-state index in [2.05, 4.69) is 24.3 Å². The Morgan fingerprint density at radius 3 is 2.44 bits per heavy atom. The van der Waals surface area contributed by atoms with Crippen LogP contribution in [0.2, 0.25) is 0 Å². The molecule has 1 aliphatic rings. The van der Waals surface area contributed by atoms with Crippen molar-refractivity contribution in [3.05, 3.63) is 101 Å². The molecule has 0 saturated heterocycles. The van der Waals surface area contributed by atoms with Gasteiger partial charge >= 0.3 is 5.97 Å². The van der Waals surface area contributed by atoms with Gasteiger partial charge in [0.25, 0.3) is 0 Å². The summed E-state index contributed by atoms with van der Waals surface area (Å²) >= 11 is 0. The van der Waals surface area contributed by atoms with E-state index in [9.17, 15) is 9.59 Å². The predicted molar refractivity (Wildman–Crippen MR) is 151 cm³/mol. The summed E-state index contributed by atoms with van der Waals surface area (Å²) < 4.78 is 14.0. The predicted octanol–water partition coefficient (Wildman–Crippen LogP) is 6.85. The summed E-state index contributed by atoms with van der Waals surface area (Å²) in [6.45, 7) is 3.56. The number of ketones is 1. The van der Waals surface area contributed by atoms with Crippen LogP contribution in [0.5, 0.6) is 5.75 Å². The van der Waals surface area contributed by atoms with Gasteiger partial charge in [0, 0.05) is 47.8 Å². The standard InChI is InChI=1S/C33H35NO5/c1-2-38-22-31(25-13-11-24(12-14-25)20-23-9-10-23)39-27-17-15-26(16-18-27)33(37)29-21-34(19-5-8-32(35)36)30-7-4-3-6-28(29)30/h3-4,6-7,11-18,21,23,31H,2,5,8-10,19-20,22H2,1H3,(H,35,36). The van der Waals surface area contributed by atoms with Gasteiger partial charge in [-0.1, -0.05) is 42.5 Å². The maximum absolute atomic E-state index is 13.5. The van der Waals surface area contributed by atoms with Crippen LogP contribution in [-0.4, -0.2) is 34.6 Å². The van der Waals surface area contributed by atoms with Crippen LogP contribution in [0, 0.1) is 5.92 Å². The average molecular weight is 526 g/mol. The van der Waals surface area contributed by atoms with E-state index >= 15 is 0 Å². The van der Waals surface area contributed by atoms with Gasteiger partial charge in [0.2, 0.25) is 0 Å². The van der Waals surface area contributed by atoms with Crippen LogP contribution in [0.1, 0.15) is 65.8 Å². The Hall–Kier alpha value is -3.90. The summed E-state index contributed by atoms with van der Waals surface area (Å²) in [5.74, 6) is 0.626. The lowest BCUT2D eigenvalue weighted by Crippen LogP contribution is -2.15. The molecule has 5 rings (SSSR count). The molecule has 4 aromatic rings. The van der Waals surface area contributed by atoms with E-state index in [4.69, 9.17) is 14.6 Å². The second-order valence-corrected chi connectivity index (χ2v) is 10.3. The van der Waals surface area contributed by atoms with E-state index in [0.29, 0.717) is 43.1 Å². The lowest BCUT2D eigenvalue weighted by atomic mass is 10.0. The van der Waals surface area contributed by atoms with Gasteiger partial charge in [0.05, 0.1) is 6.61 Å². The van der Waals surface area contributed by atoms with Crippen molar-refractivity contribution in [3.8, 4) is 5.75 Å². The first-order chi connectivity index (χ1) is 19.0. The Kier molecular flexibility index (Phi) is 8.42. The first-order valence-corrected chi connectivity index (χ1v) is 13.8. The third kappa shape index (κ3) is 6.76. The number of carboxylic acids is 1. The number of carbonyl (C=O) groups excluding carboxylic acids is 1. The fraction of sp³-hybridized carbons (Fsp3) is 0.333. The van der Waals surface area contributed by atoms with E-state index in [0.717, 1.165) is 28.8 Å². The molecule has 0 aliphatic heterocycles. The van der Waals surface area contributed by atoms with E-state index in [-0.39, 0.29) is 18.3 Å². The Morgan fingerprint density at radius 2 is 1.74 bits per heavy atom. The minimum absolute atomic E-state index is 0.0770. The van der Waals surface area contributed by atoms with E-state index in [1.54, 1.807) is 12.1 Å². The molecule has 3 aromatic carbocycles. The molecule has 39 heavy (non-hydrogen) atoms. The average Bonchev–Trinajstić information content (AvgIpc) is 3.70. The maximum Gasteiger partial charge on any atom is 0.303 e. The summed E-state index contributed by atoms with van der Waals surface area (Å²) in [5.41, 5.74) is 4.53. The zero-order chi connectivity index (χ0) is 27.2. The number of hydrogen-bond acceptors (Lipinski definition) is 4. The molecule has 1 aliphatic carbocycles. The normalized spacial score (nSPS) is 13.9. The summed E-state index contributed by atoms with van der Waals surface area (Å²) in [6.07, 6.45) is 6.01. The van der Waals surface area contributed by atoms with Crippen molar-refractivity contribution in [1.29, 1.82) is 0 Å². The Balaban J connectivity index is 1.31. The van der Waals surface area contributed by atoms with Crippen LogP contribution >= 0.6 is 0 Å². The second kappa shape index (κ2) is 12.3. The molecule has 1 aromatic heterocycles. The van der Waals surface area contributed by atoms with Crippen molar-refractivity contribution in [3.63, 3.8) is 0 Å². The summed E-state index contributed by atoms with van der Waals surface area (Å²) in [4.78, 5) is 24.4. The molecule has 0 spiro atoms. The number of nitrogens with zero attached hydrogens (tertiary/aromatic N) is 1. The number of aryl methyl sites for hydroxylation is 1. The first kappa shape index (κ1) is 26.7. The highest BCUT2D eigenvalue weighted by molar-refractivity contribution is 6.16. The molecule has 1 saturated carbocycles. The number of aromatic nitrogens is 1. The fourth-order valence-electron chi connectivity index (χ4n) is 4.96. The third-order valence-electron chi connectivity index (χ3n) is 7.26. The number of carbonyl (C=O) groups is 2. The molecular formula is C33H35NO5. The van der Waals surface area contributed by atoms with Gasteiger partial charge in [0.1, 0.15) is 11.9 Å². The molecule has 202 valence electrons. The maximum atomic E-state index is 13.5. The number of para-hydroxylation sites is 1. The zero-order valence-electron chi connectivity index (χ0n) is 22.3. The molecule has 1 fully saturated rings. The van der Waals surface area contributed by atoms with Gasteiger partial charge < -0.3 is 19.1 Å². The van der Waals surface area contributed by atoms with Crippen LogP contribution < -0.4 is 4.74 Å². The topological polar surface area (TPSA) is 77.8 Å². The van der Waals surface area contributed by atoms with Crippen molar-refractivity contribution in [2.75, 3.05) is 13.2 Å². The number of ether oxygens (including phenoxy) is 2. The number of fused-ring (bicyclic) bond motifs is 1. The number of aliphatic carboxylic acids is 1. The highest BCUT2D eigenvalue weighted by Crippen LogP contribution is 2.33. The highest BCUT2D eigenvalue weighted by atomic mass is 16.5. The highest BCUT2D eigenvalue weighted by Gasteiger charge is 2.22. The molecule has 6 nitrogen and oxygen atoms in total. The minimum Gasteiger partial charge on any atom is -0.483 e. The van der Waals surface area contributed by atoms with Crippen LogP contribution in [0.25, 0.3) is 10.9 Å². The van der Waals surface area contributed by atoms with Crippen molar-refractivity contribution in [2.45, 2.75) is 51.7 Å². The van der Waals surface area contributed by atoms with Crippen LogP contribution in [0.3, 0.4) is 0 Å². The van der Waals surface area contributed by atoms with Crippen LogP contribution in [0.15, 0.2) is 79.0 Å². The monoisotopic (exact) mass is 525 g/mol. The van der Waals surface area contributed by atoms with Crippen molar-refractivity contribution in [2.24, 2.45) is 5.92 Å². The first-order valence-electron chi connectivity index (χ1n) is 13.8. The molecule has 0 radical (unpaired) electrons. The van der Waals surface area contributed by atoms with Crippen LogP contribution in [-0.2, 0) is 22.5 Å². The lowest BCUT2D eigenvalue weighted by molar-refractivity contribution is -0.137. The molecule has 0 amide bonds. The second-order valence-electron chi connectivity index (χ2n) is 10.3. The Morgan fingerprint density at radius 1 is 1.00 bits per heavy atom. The van der Waals surface area contributed by atoms with Gasteiger partial charge in [-0.25, -0.2) is 0 Å². The van der Waals surface area contributed by atoms with Gasteiger partial charge in [-0.2, -0.15) is 0 Å². The molecular weight excluding hydrogens is 490 g/mol. The van der Waals surface area contributed by atoms with Crippen molar-refractivity contribution in [1.82, 2.24) is 4.57 Å². The lowest BCUT2D eigenvalue weighted by Gasteiger charge is -2.20. The third-order valence-corrected chi connectivity index (χ3v) is 7.26. The molecule has 1 heterocycles. The van der Waals surface area contributed by atoms with Gasteiger partial charge in [0.15, 0.2) is 5.78 Å². The number of hydrogen-bond donors (Lipinski definition) is 1. The van der Waals surface area contributed by atoms with Crippen molar-refractivity contribution >= 4 is 22.7 Å². The van der Waals surface area contributed by atoms with E-state index < -0.39 is 5.97 Å². The molecule has 6 heteroatoms. The number of rotatable bonds is 14. The summed E-state index contributed by atoms with van der Waals surface area (Å²) in [7, 11) is 0. The van der Waals surface area contributed by atoms with Gasteiger partial charge in [-0.15, -0.1) is 0 Å². The SMILES string of the molecule is CCOCC(Oc1ccc(C(=O)c2cn(CCCC(=O)O)c3ccccc23)cc1)c1ccc(CC2CC2)cc1. The molecule has 0 bridgehead atoms. The quantitative estimate of drug-likeness (QED) is 0.182. The largest absolute Gasteiger partial charge is 0.483 e. The summed E-state index contributed by atoms with van der Waals surface area (Å²) in [5, 5.41) is 9.85. The fourth-order valence-corrected chi connectivity index (χ4v) is 4.96. The molecule has 1 N–H and O–H groups in total. The smallest absolute Gasteiger partial charge is 0.303 e. The minimum atomic E-state index is -0.820. The van der Waals surface area contributed by atoms with Gasteiger partial charge in [-0.05, 0) is 80.0 Å². The van der Waals surface area contributed by atoms with Gasteiger partial charge in [-0.3, -0.25) is 9.59 Å². The van der Waals surface area contributed by atoms with E-state index in [1.807, 2.05) is 54.1 Å². The molecule has 1 atom stereocenters.